The molecule has 2 aliphatic rings. The van der Waals surface area contributed by atoms with Gasteiger partial charge in [-0.25, -0.2) is 4.39 Å². The van der Waals surface area contributed by atoms with Crippen molar-refractivity contribution in [1.29, 1.82) is 0 Å². The highest BCUT2D eigenvalue weighted by atomic mass is 19.1. The number of para-hydroxylation sites is 1. The molecule has 1 atom stereocenters. The van der Waals surface area contributed by atoms with Crippen LogP contribution in [0.4, 0.5) is 15.8 Å². The minimum atomic E-state index is -0.293. The van der Waals surface area contributed by atoms with Crippen LogP contribution >= 0.6 is 0 Å². The lowest BCUT2D eigenvalue weighted by molar-refractivity contribution is -0.119. The van der Waals surface area contributed by atoms with Gasteiger partial charge in [-0.3, -0.25) is 4.79 Å². The highest BCUT2D eigenvalue weighted by Crippen LogP contribution is 2.36. The van der Waals surface area contributed by atoms with E-state index in [4.69, 9.17) is 0 Å². The van der Waals surface area contributed by atoms with Crippen molar-refractivity contribution < 1.29 is 9.18 Å². The summed E-state index contributed by atoms with van der Waals surface area (Å²) in [5.41, 5.74) is 3.83. The van der Waals surface area contributed by atoms with E-state index in [2.05, 4.69) is 5.32 Å². The van der Waals surface area contributed by atoms with E-state index in [1.54, 1.807) is 11.0 Å². The second-order valence-electron chi connectivity index (χ2n) is 5.53. The molecule has 1 N–H and O–H groups in total. The predicted molar refractivity (Wildman–Crippen MR) is 80.1 cm³/mol. The van der Waals surface area contributed by atoms with Crippen molar-refractivity contribution >= 4 is 17.3 Å². The summed E-state index contributed by atoms with van der Waals surface area (Å²) in [6.07, 6.45) is 0.795. The van der Waals surface area contributed by atoms with Gasteiger partial charge < -0.3 is 10.2 Å². The molecule has 1 amide bonds. The summed E-state index contributed by atoms with van der Waals surface area (Å²) in [6, 6.07) is 12.6. The highest BCUT2D eigenvalue weighted by molar-refractivity contribution is 6.01. The van der Waals surface area contributed by atoms with Crippen LogP contribution in [-0.4, -0.2) is 19.0 Å². The zero-order valence-electron chi connectivity index (χ0n) is 11.5. The van der Waals surface area contributed by atoms with Crippen LogP contribution in [0.1, 0.15) is 17.0 Å². The summed E-state index contributed by atoms with van der Waals surface area (Å²) in [5.74, 6) is -0.425. The van der Waals surface area contributed by atoms with E-state index >= 15 is 0 Å². The van der Waals surface area contributed by atoms with Crippen LogP contribution in [0.25, 0.3) is 0 Å². The Labute approximate surface area is 122 Å². The third kappa shape index (κ3) is 1.90. The third-order valence-electron chi connectivity index (χ3n) is 4.34. The van der Waals surface area contributed by atoms with Gasteiger partial charge in [0.15, 0.2) is 0 Å². The Kier molecular flexibility index (Phi) is 2.70. The fraction of sp³-hybridized carbons (Fsp3) is 0.235. The first-order valence-electron chi connectivity index (χ1n) is 7.16. The number of nitrogens with zero attached hydrogens (tertiary/aromatic N) is 1. The van der Waals surface area contributed by atoms with Crippen LogP contribution in [0, 0.1) is 5.82 Å². The zero-order chi connectivity index (χ0) is 14.4. The Morgan fingerprint density at radius 1 is 1.24 bits per heavy atom. The number of anilines is 2. The molecular formula is C17H15FN2O. The predicted octanol–water partition coefficient (Wildman–Crippen LogP) is 2.92. The second-order valence-corrected chi connectivity index (χ2v) is 5.53. The molecule has 0 spiro atoms. The topological polar surface area (TPSA) is 32.3 Å². The van der Waals surface area contributed by atoms with Gasteiger partial charge in [-0.15, -0.1) is 0 Å². The molecular weight excluding hydrogens is 267 g/mol. The number of carbonyl (C=O) groups is 1. The van der Waals surface area contributed by atoms with E-state index in [0.717, 1.165) is 28.9 Å². The lowest BCUT2D eigenvalue weighted by Gasteiger charge is -2.21. The lowest BCUT2D eigenvalue weighted by atomic mass is 10.00. The normalized spacial score (nSPS) is 19.1. The van der Waals surface area contributed by atoms with E-state index < -0.39 is 0 Å². The zero-order valence-corrected chi connectivity index (χ0v) is 11.5. The van der Waals surface area contributed by atoms with Crippen molar-refractivity contribution in [2.24, 2.45) is 0 Å². The fourth-order valence-corrected chi connectivity index (χ4v) is 3.27. The number of hydrogen-bond donors (Lipinski definition) is 1. The number of benzene rings is 2. The number of fused-ring (bicyclic) bond motifs is 2. The van der Waals surface area contributed by atoms with Gasteiger partial charge in [-0.1, -0.05) is 24.3 Å². The van der Waals surface area contributed by atoms with E-state index in [0.29, 0.717) is 13.1 Å². The van der Waals surface area contributed by atoms with Gasteiger partial charge in [0.25, 0.3) is 0 Å². The minimum Gasteiger partial charge on any atom is -0.384 e. The number of carbonyl (C=O) groups excluding carboxylic acids is 1. The maximum atomic E-state index is 13.5. The molecule has 4 heteroatoms. The molecule has 3 nitrogen and oxygen atoms in total. The molecule has 106 valence electrons. The van der Waals surface area contributed by atoms with Crippen molar-refractivity contribution in [2.45, 2.75) is 12.3 Å². The molecule has 0 bridgehead atoms. The van der Waals surface area contributed by atoms with E-state index in [1.807, 2.05) is 24.3 Å². The van der Waals surface area contributed by atoms with Crippen molar-refractivity contribution in [3.8, 4) is 0 Å². The molecule has 0 fully saturated rings. The highest BCUT2D eigenvalue weighted by Gasteiger charge is 2.34. The third-order valence-corrected chi connectivity index (χ3v) is 4.34. The first kappa shape index (κ1) is 12.4. The maximum absolute atomic E-state index is 13.5. The van der Waals surface area contributed by atoms with Gasteiger partial charge in [0.1, 0.15) is 5.82 Å². The monoisotopic (exact) mass is 282 g/mol. The van der Waals surface area contributed by atoms with Crippen molar-refractivity contribution in [1.82, 2.24) is 0 Å². The smallest absolute Gasteiger partial charge is 0.236 e. The molecule has 0 saturated heterocycles. The molecule has 0 radical (unpaired) electrons. The van der Waals surface area contributed by atoms with Crippen molar-refractivity contribution in [3.63, 3.8) is 0 Å². The average molecular weight is 282 g/mol. The standard InChI is InChI=1S/C17H15FN2O/c18-12-6-5-11-7-8-20(16(11)9-12)17(21)14-10-19-15-4-2-1-3-13(14)15/h1-6,9,14,19H,7-8,10H2. The molecule has 4 rings (SSSR count). The summed E-state index contributed by atoms with van der Waals surface area (Å²) in [7, 11) is 0. The summed E-state index contributed by atoms with van der Waals surface area (Å²) in [6.45, 7) is 1.25. The average Bonchev–Trinajstić information content (AvgIpc) is 3.10. The molecule has 2 aromatic carbocycles. The minimum absolute atomic E-state index is 0.0526. The summed E-state index contributed by atoms with van der Waals surface area (Å²) in [4.78, 5) is 14.6. The number of amides is 1. The first-order chi connectivity index (χ1) is 10.2. The maximum Gasteiger partial charge on any atom is 0.236 e. The molecule has 0 saturated carbocycles. The van der Waals surface area contributed by atoms with Crippen LogP contribution in [0.3, 0.4) is 0 Å². The number of rotatable bonds is 1. The van der Waals surface area contributed by atoms with Crippen molar-refractivity contribution in [2.75, 3.05) is 23.3 Å². The Morgan fingerprint density at radius 3 is 3.00 bits per heavy atom. The molecule has 2 aliphatic heterocycles. The van der Waals surface area contributed by atoms with Gasteiger partial charge >= 0.3 is 0 Å². The van der Waals surface area contributed by atoms with Crippen molar-refractivity contribution in [3.05, 3.63) is 59.4 Å². The Hall–Kier alpha value is -2.36. The van der Waals surface area contributed by atoms with E-state index in [1.165, 1.54) is 12.1 Å². The molecule has 2 aromatic rings. The second kappa shape index (κ2) is 4.58. The van der Waals surface area contributed by atoms with Gasteiger partial charge in [0, 0.05) is 24.5 Å². The van der Waals surface area contributed by atoms with Gasteiger partial charge in [0.05, 0.1) is 5.92 Å². The van der Waals surface area contributed by atoms with Crippen LogP contribution < -0.4 is 10.2 Å². The molecule has 0 aliphatic carbocycles. The SMILES string of the molecule is O=C(C1CNc2ccccc21)N1CCc2ccc(F)cc21. The Balaban J connectivity index is 1.68. The van der Waals surface area contributed by atoms with Crippen LogP contribution in [0.5, 0.6) is 0 Å². The number of nitrogens with one attached hydrogen (secondary N) is 1. The quantitative estimate of drug-likeness (QED) is 0.872. The fourth-order valence-electron chi connectivity index (χ4n) is 3.27. The molecule has 21 heavy (non-hydrogen) atoms. The van der Waals surface area contributed by atoms with E-state index in [9.17, 15) is 9.18 Å². The largest absolute Gasteiger partial charge is 0.384 e. The Bertz CT molecular complexity index is 728. The molecule has 1 unspecified atom stereocenters. The number of halogens is 1. The molecule has 0 aromatic heterocycles. The molecule has 2 heterocycles. The van der Waals surface area contributed by atoms with Crippen LogP contribution in [0.2, 0.25) is 0 Å². The van der Waals surface area contributed by atoms with E-state index in [-0.39, 0.29) is 17.6 Å². The summed E-state index contributed by atoms with van der Waals surface area (Å²) in [5, 5.41) is 3.27. The van der Waals surface area contributed by atoms with Crippen LogP contribution in [-0.2, 0) is 11.2 Å². The van der Waals surface area contributed by atoms with Gasteiger partial charge in [-0.2, -0.15) is 0 Å². The van der Waals surface area contributed by atoms with Crippen LogP contribution in [0.15, 0.2) is 42.5 Å². The summed E-state index contributed by atoms with van der Waals surface area (Å²) < 4.78 is 13.5. The Morgan fingerprint density at radius 2 is 2.10 bits per heavy atom. The van der Waals surface area contributed by atoms with Gasteiger partial charge in [0.2, 0.25) is 5.91 Å². The number of hydrogen-bond acceptors (Lipinski definition) is 2. The van der Waals surface area contributed by atoms with Gasteiger partial charge in [-0.05, 0) is 35.7 Å². The lowest BCUT2D eigenvalue weighted by Crippen LogP contribution is -2.34. The first-order valence-corrected chi connectivity index (χ1v) is 7.16. The summed E-state index contributed by atoms with van der Waals surface area (Å²) >= 11 is 0.